The van der Waals surface area contributed by atoms with Crippen LogP contribution in [0.4, 0.5) is 13.2 Å². The number of alkyl halides is 3. The van der Waals surface area contributed by atoms with Crippen molar-refractivity contribution in [2.24, 2.45) is 5.73 Å². The number of unbranched alkanes of at least 4 members (excludes halogenated alkanes) is 1. The van der Waals surface area contributed by atoms with Gasteiger partial charge in [0.15, 0.2) is 0 Å². The van der Waals surface area contributed by atoms with Gasteiger partial charge < -0.3 is 10.5 Å². The molecule has 0 spiro atoms. The molecule has 6 heteroatoms. The van der Waals surface area contributed by atoms with E-state index in [9.17, 15) is 13.2 Å². The third-order valence-electron chi connectivity index (χ3n) is 2.61. The van der Waals surface area contributed by atoms with Gasteiger partial charge in [-0.3, -0.25) is 0 Å². The minimum atomic E-state index is -4.31. The van der Waals surface area contributed by atoms with E-state index in [1.54, 1.807) is 6.92 Å². The average Bonchev–Trinajstić information content (AvgIpc) is 2.26. The van der Waals surface area contributed by atoms with Gasteiger partial charge in [0.1, 0.15) is 5.75 Å². The molecule has 0 aliphatic rings. The summed E-state index contributed by atoms with van der Waals surface area (Å²) in [5, 5.41) is 0. The zero-order valence-electron chi connectivity index (χ0n) is 11.0. The highest BCUT2D eigenvalue weighted by Crippen LogP contribution is 2.43. The van der Waals surface area contributed by atoms with Crippen LogP contribution in [-0.2, 0) is 6.42 Å². The summed E-state index contributed by atoms with van der Waals surface area (Å²) in [4.78, 5) is 0.123. The molecule has 0 saturated carbocycles. The molecule has 1 aromatic carbocycles. The second-order valence-electron chi connectivity index (χ2n) is 4.25. The number of hydrogen-bond donors (Lipinski definition) is 1. The highest BCUT2D eigenvalue weighted by atomic mass is 32.2. The first-order chi connectivity index (χ1) is 8.87. The summed E-state index contributed by atoms with van der Waals surface area (Å²) in [5.74, 6) is 0.324. The summed E-state index contributed by atoms with van der Waals surface area (Å²) >= 11 is -0.130. The summed E-state index contributed by atoms with van der Waals surface area (Å²) in [6.45, 7) is 2.37. The number of aryl methyl sites for hydroxylation is 2. The third-order valence-corrected chi connectivity index (χ3v) is 3.36. The van der Waals surface area contributed by atoms with Crippen LogP contribution in [0.5, 0.6) is 5.75 Å². The fraction of sp³-hybridized carbons (Fsp3) is 0.538. The van der Waals surface area contributed by atoms with Crippen molar-refractivity contribution in [3.63, 3.8) is 0 Å². The van der Waals surface area contributed by atoms with Crippen molar-refractivity contribution in [1.82, 2.24) is 0 Å². The molecule has 108 valence electrons. The fourth-order valence-corrected chi connectivity index (χ4v) is 2.69. The number of thioether (sulfide) groups is 1. The Morgan fingerprint density at radius 3 is 2.47 bits per heavy atom. The number of rotatable bonds is 6. The molecular formula is C13H18F3NOS. The van der Waals surface area contributed by atoms with Crippen molar-refractivity contribution < 1.29 is 17.9 Å². The molecule has 0 aliphatic heterocycles. The Morgan fingerprint density at radius 1 is 1.26 bits per heavy atom. The van der Waals surface area contributed by atoms with Crippen LogP contribution in [0.2, 0.25) is 0 Å². The first kappa shape index (κ1) is 16.2. The van der Waals surface area contributed by atoms with Gasteiger partial charge in [0.05, 0.1) is 12.0 Å². The Balaban J connectivity index is 3.02. The molecular weight excluding hydrogens is 275 g/mol. The number of hydrogen-bond acceptors (Lipinski definition) is 3. The second-order valence-corrected chi connectivity index (χ2v) is 5.36. The van der Waals surface area contributed by atoms with E-state index in [0.29, 0.717) is 18.7 Å². The van der Waals surface area contributed by atoms with Crippen molar-refractivity contribution in [3.8, 4) is 5.75 Å². The summed E-state index contributed by atoms with van der Waals surface area (Å²) in [6.07, 6.45) is 2.36. The van der Waals surface area contributed by atoms with Gasteiger partial charge in [-0.15, -0.1) is 0 Å². The topological polar surface area (TPSA) is 35.2 Å². The Kier molecular flexibility index (Phi) is 6.00. The van der Waals surface area contributed by atoms with E-state index in [2.05, 4.69) is 0 Å². The van der Waals surface area contributed by atoms with E-state index in [4.69, 9.17) is 10.5 Å². The summed E-state index contributed by atoms with van der Waals surface area (Å²) in [6, 6.07) is 3.37. The highest BCUT2D eigenvalue weighted by molar-refractivity contribution is 8.00. The fourth-order valence-electron chi connectivity index (χ4n) is 1.89. The van der Waals surface area contributed by atoms with Gasteiger partial charge in [-0.05, 0) is 61.7 Å². The second kappa shape index (κ2) is 7.05. The molecule has 0 aromatic heterocycles. The molecule has 0 bridgehead atoms. The predicted molar refractivity (Wildman–Crippen MR) is 71.6 cm³/mol. The third kappa shape index (κ3) is 5.32. The quantitative estimate of drug-likeness (QED) is 0.638. The average molecular weight is 293 g/mol. The zero-order valence-corrected chi connectivity index (χ0v) is 11.8. The van der Waals surface area contributed by atoms with Gasteiger partial charge >= 0.3 is 5.51 Å². The van der Waals surface area contributed by atoms with Crippen LogP contribution in [0, 0.1) is 6.92 Å². The first-order valence-corrected chi connectivity index (χ1v) is 6.82. The SMILES string of the molecule is COc1c(CCCCN)cc(C)cc1SC(F)(F)F. The van der Waals surface area contributed by atoms with Crippen LogP contribution in [0.15, 0.2) is 17.0 Å². The van der Waals surface area contributed by atoms with E-state index in [0.717, 1.165) is 24.0 Å². The summed E-state index contributed by atoms with van der Waals surface area (Å²) in [5.41, 5.74) is 2.72. The number of benzene rings is 1. The maximum absolute atomic E-state index is 12.5. The Labute approximate surface area is 115 Å². The smallest absolute Gasteiger partial charge is 0.446 e. The summed E-state index contributed by atoms with van der Waals surface area (Å²) in [7, 11) is 1.40. The van der Waals surface area contributed by atoms with Crippen LogP contribution in [-0.4, -0.2) is 19.2 Å². The first-order valence-electron chi connectivity index (χ1n) is 6.00. The molecule has 2 N–H and O–H groups in total. The van der Waals surface area contributed by atoms with Gasteiger partial charge in [-0.25, -0.2) is 0 Å². The molecule has 0 aliphatic carbocycles. The van der Waals surface area contributed by atoms with Gasteiger partial charge in [0.25, 0.3) is 0 Å². The lowest BCUT2D eigenvalue weighted by Gasteiger charge is -2.15. The summed E-state index contributed by atoms with van der Waals surface area (Å²) < 4.78 is 42.7. The standard InChI is InChI=1S/C13H18F3NOS/c1-9-7-10(5-3-4-6-17)12(18-2)11(8-9)19-13(14,15)16/h7-8H,3-6,17H2,1-2H3. The molecule has 0 saturated heterocycles. The van der Waals surface area contributed by atoms with Gasteiger partial charge in [0.2, 0.25) is 0 Å². The molecule has 1 rings (SSSR count). The lowest BCUT2D eigenvalue weighted by molar-refractivity contribution is -0.0328. The van der Waals surface area contributed by atoms with Crippen LogP contribution in [0.3, 0.4) is 0 Å². The minimum absolute atomic E-state index is 0.123. The van der Waals surface area contributed by atoms with Crippen LogP contribution in [0.25, 0.3) is 0 Å². The van der Waals surface area contributed by atoms with Crippen molar-refractivity contribution in [2.45, 2.75) is 36.6 Å². The molecule has 0 amide bonds. The van der Waals surface area contributed by atoms with Crippen molar-refractivity contribution in [2.75, 3.05) is 13.7 Å². The Morgan fingerprint density at radius 2 is 1.95 bits per heavy atom. The van der Waals surface area contributed by atoms with E-state index in [1.807, 2.05) is 6.07 Å². The van der Waals surface area contributed by atoms with Crippen LogP contribution in [0.1, 0.15) is 24.0 Å². The van der Waals surface area contributed by atoms with Gasteiger partial charge in [-0.1, -0.05) is 6.07 Å². The monoisotopic (exact) mass is 293 g/mol. The normalized spacial score (nSPS) is 11.7. The van der Waals surface area contributed by atoms with Crippen molar-refractivity contribution in [1.29, 1.82) is 0 Å². The van der Waals surface area contributed by atoms with Gasteiger partial charge in [-0.2, -0.15) is 13.2 Å². The van der Waals surface area contributed by atoms with Crippen LogP contribution >= 0.6 is 11.8 Å². The lowest BCUT2D eigenvalue weighted by Crippen LogP contribution is -2.04. The molecule has 19 heavy (non-hydrogen) atoms. The molecule has 0 atom stereocenters. The Bertz CT molecular complexity index is 421. The van der Waals surface area contributed by atoms with Crippen LogP contribution < -0.4 is 10.5 Å². The number of ether oxygens (including phenoxy) is 1. The molecule has 0 radical (unpaired) electrons. The Hall–Kier alpha value is -0.880. The van der Waals surface area contributed by atoms with E-state index in [1.165, 1.54) is 13.2 Å². The molecule has 1 aromatic rings. The molecule has 0 heterocycles. The van der Waals surface area contributed by atoms with Crippen molar-refractivity contribution in [3.05, 3.63) is 23.3 Å². The van der Waals surface area contributed by atoms with E-state index >= 15 is 0 Å². The maximum atomic E-state index is 12.5. The molecule has 0 unspecified atom stereocenters. The van der Waals surface area contributed by atoms with Gasteiger partial charge in [0, 0.05) is 0 Å². The van der Waals surface area contributed by atoms with Crippen molar-refractivity contribution >= 4 is 11.8 Å². The molecule has 2 nitrogen and oxygen atoms in total. The lowest BCUT2D eigenvalue weighted by atomic mass is 10.0. The highest BCUT2D eigenvalue weighted by Gasteiger charge is 2.31. The number of nitrogens with two attached hydrogens (primary N) is 1. The zero-order chi connectivity index (χ0) is 14.5. The van der Waals surface area contributed by atoms with E-state index in [-0.39, 0.29) is 16.7 Å². The number of halogens is 3. The predicted octanol–water partition coefficient (Wildman–Crippen LogP) is 3.90. The number of methoxy groups -OCH3 is 1. The minimum Gasteiger partial charge on any atom is -0.495 e. The maximum Gasteiger partial charge on any atom is 0.446 e. The molecule has 0 fully saturated rings. The largest absolute Gasteiger partial charge is 0.495 e. The van der Waals surface area contributed by atoms with E-state index < -0.39 is 5.51 Å².